The second kappa shape index (κ2) is 17.5. The van der Waals surface area contributed by atoms with Gasteiger partial charge in [-0.2, -0.15) is 0 Å². The molecule has 0 amide bonds. The van der Waals surface area contributed by atoms with Crippen molar-refractivity contribution in [1.82, 2.24) is 9.97 Å². The van der Waals surface area contributed by atoms with E-state index in [2.05, 4.69) is 99.4 Å². The number of benzene rings is 6. The Kier molecular flexibility index (Phi) is 8.78. The molecule has 2 nitrogen and oxygen atoms in total. The first-order valence-electron chi connectivity index (χ1n) is 22.5. The maximum absolute atomic E-state index is 8.21. The van der Waals surface area contributed by atoms with Crippen molar-refractivity contribution >= 4 is 21.5 Å². The SMILES string of the molecule is CC(C)Cc1[c-]c(-c2nccc3c2ccc2ccccc23)cc(CC(C)C)c1.[2H]c1c([2H])c([2H])c(-c2cc[c-]c(-c3cc(-c4c([2H])c([2H])c([2H])c([2H])c4[2H])ccn3)c2)c([2H])c1[2H].[Ir]. The summed E-state index contributed by atoms with van der Waals surface area (Å²) in [6.07, 6.45) is 5.51. The molecular weight excluding hydrogens is 821 g/mol. The van der Waals surface area contributed by atoms with Crippen LogP contribution in [0, 0.1) is 24.0 Å². The van der Waals surface area contributed by atoms with Gasteiger partial charge in [-0.15, -0.1) is 70.3 Å². The Balaban J connectivity index is 0.000000210. The Labute approximate surface area is 342 Å². The zero-order valence-corrected chi connectivity index (χ0v) is 32.4. The maximum Gasteiger partial charge on any atom is 0.0629 e. The van der Waals surface area contributed by atoms with Crippen molar-refractivity contribution in [2.45, 2.75) is 40.5 Å². The zero-order valence-electron chi connectivity index (χ0n) is 40.0. The van der Waals surface area contributed by atoms with E-state index >= 15 is 0 Å². The molecule has 2 aromatic heterocycles. The van der Waals surface area contributed by atoms with Gasteiger partial charge in [0.25, 0.3) is 0 Å². The van der Waals surface area contributed by atoms with Gasteiger partial charge in [0.15, 0.2) is 0 Å². The van der Waals surface area contributed by atoms with Gasteiger partial charge in [-0.3, -0.25) is 0 Å². The molecule has 0 aliphatic rings. The molecule has 0 N–H and O–H groups in total. The summed E-state index contributed by atoms with van der Waals surface area (Å²) in [7, 11) is 0. The molecule has 8 rings (SSSR count). The van der Waals surface area contributed by atoms with Gasteiger partial charge < -0.3 is 9.97 Å². The summed E-state index contributed by atoms with van der Waals surface area (Å²) < 4.78 is 80.0. The maximum atomic E-state index is 8.21. The number of aromatic nitrogens is 2. The third-order valence-electron chi connectivity index (χ3n) is 8.60. The van der Waals surface area contributed by atoms with E-state index in [1.54, 1.807) is 24.3 Å². The molecule has 53 heavy (non-hydrogen) atoms. The molecule has 2 heterocycles. The first kappa shape index (κ1) is 26.5. The first-order valence-corrected chi connectivity index (χ1v) is 17.5. The van der Waals surface area contributed by atoms with Gasteiger partial charge in [0.2, 0.25) is 0 Å². The van der Waals surface area contributed by atoms with E-state index in [1.807, 2.05) is 6.20 Å². The summed E-state index contributed by atoms with van der Waals surface area (Å²) >= 11 is 0. The monoisotopic (exact) mass is 875 g/mol. The molecule has 0 saturated heterocycles. The van der Waals surface area contributed by atoms with Crippen molar-refractivity contribution in [3.63, 3.8) is 0 Å². The van der Waals surface area contributed by atoms with Crippen molar-refractivity contribution < 1.29 is 33.8 Å². The Bertz CT molecular complexity index is 2810. The minimum Gasteiger partial charge on any atom is -0.305 e. The van der Waals surface area contributed by atoms with E-state index < -0.39 is 36.3 Å². The van der Waals surface area contributed by atoms with Crippen LogP contribution in [0.25, 0.3) is 66.3 Å². The fourth-order valence-electron chi connectivity index (χ4n) is 6.41. The fourth-order valence-corrected chi connectivity index (χ4v) is 6.41. The number of rotatable bonds is 8. The number of hydrogen-bond acceptors (Lipinski definition) is 2. The minimum atomic E-state index is -0.479. The van der Waals surface area contributed by atoms with Gasteiger partial charge in [0.05, 0.1) is 13.7 Å². The molecular formula is C50H44IrN2-2. The molecule has 0 fully saturated rings. The van der Waals surface area contributed by atoms with Crippen LogP contribution in [0.2, 0.25) is 0 Å². The van der Waals surface area contributed by atoms with E-state index in [9.17, 15) is 0 Å². The zero-order chi connectivity index (χ0) is 44.6. The van der Waals surface area contributed by atoms with Gasteiger partial charge >= 0.3 is 0 Å². The summed E-state index contributed by atoms with van der Waals surface area (Å²) in [6.45, 7) is 9.09. The predicted molar refractivity (Wildman–Crippen MR) is 220 cm³/mol. The Morgan fingerprint density at radius 2 is 1.26 bits per heavy atom. The summed E-state index contributed by atoms with van der Waals surface area (Å²) in [5.74, 6) is 1.24. The van der Waals surface area contributed by atoms with Gasteiger partial charge in [-0.25, -0.2) is 0 Å². The Morgan fingerprint density at radius 3 is 1.98 bits per heavy atom. The Morgan fingerprint density at radius 1 is 0.585 bits per heavy atom. The van der Waals surface area contributed by atoms with Gasteiger partial charge in [0.1, 0.15) is 0 Å². The number of pyridine rings is 2. The molecule has 0 aliphatic heterocycles. The van der Waals surface area contributed by atoms with Gasteiger partial charge in [-0.1, -0.05) is 131 Å². The summed E-state index contributed by atoms with van der Waals surface area (Å²) in [5.41, 5.74) is 6.48. The van der Waals surface area contributed by atoms with Crippen LogP contribution in [0.1, 0.15) is 52.5 Å². The second-order valence-corrected chi connectivity index (χ2v) is 13.6. The number of nitrogens with zero attached hydrogens (tertiary/aromatic N) is 2. The largest absolute Gasteiger partial charge is 0.305 e. The molecule has 0 spiro atoms. The third kappa shape index (κ3) is 9.24. The molecule has 0 unspecified atom stereocenters. The normalized spacial score (nSPS) is 13.6. The smallest absolute Gasteiger partial charge is 0.0629 e. The van der Waals surface area contributed by atoms with E-state index in [-0.39, 0.29) is 55.4 Å². The van der Waals surface area contributed by atoms with Crippen molar-refractivity contribution in [2.24, 2.45) is 11.8 Å². The molecule has 8 aromatic rings. The van der Waals surface area contributed by atoms with Crippen LogP contribution in [-0.4, -0.2) is 9.97 Å². The van der Waals surface area contributed by atoms with E-state index in [4.69, 9.17) is 18.7 Å². The molecule has 6 aromatic carbocycles. The van der Waals surface area contributed by atoms with Crippen LogP contribution in [0.3, 0.4) is 0 Å². The van der Waals surface area contributed by atoms with Crippen molar-refractivity contribution in [2.75, 3.05) is 0 Å². The third-order valence-corrected chi connectivity index (χ3v) is 8.60. The molecule has 1 radical (unpaired) electrons. The van der Waals surface area contributed by atoms with Crippen molar-refractivity contribution in [3.8, 4) is 44.8 Å². The van der Waals surface area contributed by atoms with Gasteiger partial charge in [-0.05, 0) is 86.4 Å². The summed E-state index contributed by atoms with van der Waals surface area (Å²) in [6, 6.07) is 30.2. The predicted octanol–water partition coefficient (Wildman–Crippen LogP) is 13.1. The van der Waals surface area contributed by atoms with Crippen molar-refractivity contribution in [3.05, 3.63) is 181 Å². The quantitative estimate of drug-likeness (QED) is 0.112. The van der Waals surface area contributed by atoms with Gasteiger partial charge in [0, 0.05) is 32.5 Å². The molecule has 265 valence electrons. The van der Waals surface area contributed by atoms with E-state index in [0.29, 0.717) is 34.2 Å². The summed E-state index contributed by atoms with van der Waals surface area (Å²) in [4.78, 5) is 9.10. The number of fused-ring (bicyclic) bond motifs is 3. The van der Waals surface area contributed by atoms with Crippen LogP contribution in [0.5, 0.6) is 0 Å². The average Bonchev–Trinajstić information content (AvgIpc) is 3.26. The van der Waals surface area contributed by atoms with Crippen LogP contribution in [0.4, 0.5) is 0 Å². The minimum absolute atomic E-state index is 0. The molecule has 0 aliphatic carbocycles. The summed E-state index contributed by atoms with van der Waals surface area (Å²) in [5, 5.41) is 5.01. The van der Waals surface area contributed by atoms with Crippen LogP contribution in [-0.2, 0) is 32.9 Å². The van der Waals surface area contributed by atoms with Crippen LogP contribution < -0.4 is 0 Å². The Hall–Kier alpha value is -5.21. The molecule has 0 bridgehead atoms. The number of hydrogen-bond donors (Lipinski definition) is 0. The van der Waals surface area contributed by atoms with Crippen molar-refractivity contribution in [1.29, 1.82) is 0 Å². The second-order valence-electron chi connectivity index (χ2n) is 13.6. The average molecular weight is 875 g/mol. The fraction of sp³-hybridized carbons (Fsp3) is 0.160. The van der Waals surface area contributed by atoms with E-state index in [0.717, 1.165) is 24.1 Å². The first-order chi connectivity index (χ1) is 29.5. The molecule has 3 heteroatoms. The molecule has 0 atom stereocenters. The molecule has 0 saturated carbocycles. The van der Waals surface area contributed by atoms with Crippen LogP contribution >= 0.6 is 0 Å². The standard InChI is InChI=1S/C27H28N.C23H16N.Ir/c1-18(2)13-20-15-21(14-19(3)4)17-23(16-20)27-26-10-9-22-7-5-6-8-24(22)25(26)11-12-28-27;1-3-8-18(9-4-1)20-12-7-13-22(16-20)23-17-21(14-15-24-23)19-10-5-2-6-11-19;/h5-12,15-16,18-19H,13-14H2,1-4H3;1-12,14-17H;/q2*-1;/i;1D,2D,3D,4D,5D,6D,8D,9D,10D,11D;. The van der Waals surface area contributed by atoms with Crippen LogP contribution in [0.15, 0.2) is 158 Å². The van der Waals surface area contributed by atoms with E-state index in [1.165, 1.54) is 44.9 Å². The topological polar surface area (TPSA) is 25.8 Å².